The Kier molecular flexibility index (Phi) is 2.81. The number of carbonyl (C=O) groups excluding carboxylic acids is 1. The van der Waals surface area contributed by atoms with Crippen molar-refractivity contribution in [3.63, 3.8) is 0 Å². The third-order valence-corrected chi connectivity index (χ3v) is 5.74. The number of hydrogen-bond acceptors (Lipinski definition) is 2. The minimum Gasteiger partial charge on any atom is -0.455 e. The Bertz CT molecular complexity index is 399. The van der Waals surface area contributed by atoms with Crippen molar-refractivity contribution in [1.29, 1.82) is 0 Å². The van der Waals surface area contributed by atoms with E-state index < -0.39 is 11.3 Å². The summed E-state index contributed by atoms with van der Waals surface area (Å²) in [6, 6.07) is 0. The predicted octanol–water partition coefficient (Wildman–Crippen LogP) is 3.66. The van der Waals surface area contributed by atoms with Gasteiger partial charge in [-0.25, -0.2) is 9.18 Å². The Morgan fingerprint density at radius 1 is 1.32 bits per heavy atom. The molecule has 0 aliphatic heterocycles. The standard InChI is InChI=1S/C16H23FO2/c1-4-14(18)19-16(10(2)3)12-5-11-6-13(16)9-15(17,7-11)8-12/h4,10-13H,1,5-9H2,2-3H3. The van der Waals surface area contributed by atoms with E-state index in [2.05, 4.69) is 20.4 Å². The fourth-order valence-electron chi connectivity index (χ4n) is 5.35. The van der Waals surface area contributed by atoms with Crippen LogP contribution in [0.4, 0.5) is 4.39 Å². The van der Waals surface area contributed by atoms with Gasteiger partial charge in [0.2, 0.25) is 0 Å². The van der Waals surface area contributed by atoms with Crippen LogP contribution in [-0.4, -0.2) is 17.2 Å². The summed E-state index contributed by atoms with van der Waals surface area (Å²) < 4.78 is 20.6. The van der Waals surface area contributed by atoms with Crippen LogP contribution in [0.15, 0.2) is 12.7 Å². The molecule has 4 fully saturated rings. The molecule has 4 bridgehead atoms. The van der Waals surface area contributed by atoms with Gasteiger partial charge in [-0.1, -0.05) is 20.4 Å². The summed E-state index contributed by atoms with van der Waals surface area (Å²) in [5, 5.41) is 0. The van der Waals surface area contributed by atoms with Gasteiger partial charge in [0, 0.05) is 17.9 Å². The quantitative estimate of drug-likeness (QED) is 0.575. The van der Waals surface area contributed by atoms with E-state index in [9.17, 15) is 9.18 Å². The summed E-state index contributed by atoms with van der Waals surface area (Å²) in [5.41, 5.74) is -1.45. The van der Waals surface area contributed by atoms with E-state index in [1.807, 2.05) is 0 Å². The van der Waals surface area contributed by atoms with Crippen LogP contribution in [0.3, 0.4) is 0 Å². The van der Waals surface area contributed by atoms with Crippen molar-refractivity contribution in [3.05, 3.63) is 12.7 Å². The lowest BCUT2D eigenvalue weighted by atomic mass is 9.46. The molecule has 2 nitrogen and oxygen atoms in total. The van der Waals surface area contributed by atoms with Gasteiger partial charge in [-0.3, -0.25) is 0 Å². The number of esters is 1. The highest BCUT2D eigenvalue weighted by atomic mass is 19.1. The van der Waals surface area contributed by atoms with E-state index in [0.29, 0.717) is 18.8 Å². The summed E-state index contributed by atoms with van der Waals surface area (Å²) in [5.74, 6) is 0.751. The van der Waals surface area contributed by atoms with Crippen LogP contribution in [0.25, 0.3) is 0 Å². The first kappa shape index (κ1) is 13.1. The predicted molar refractivity (Wildman–Crippen MR) is 71.3 cm³/mol. The first-order valence-corrected chi connectivity index (χ1v) is 7.44. The van der Waals surface area contributed by atoms with E-state index in [-0.39, 0.29) is 23.7 Å². The average Bonchev–Trinajstić information content (AvgIpc) is 2.31. The highest BCUT2D eigenvalue weighted by Crippen LogP contribution is 2.64. The maximum atomic E-state index is 14.7. The molecule has 0 aromatic carbocycles. The third kappa shape index (κ3) is 1.77. The smallest absolute Gasteiger partial charge is 0.330 e. The lowest BCUT2D eigenvalue weighted by molar-refractivity contribution is -0.239. The molecule has 0 spiro atoms. The summed E-state index contributed by atoms with van der Waals surface area (Å²) in [4.78, 5) is 11.8. The van der Waals surface area contributed by atoms with Crippen LogP contribution >= 0.6 is 0 Å². The zero-order valence-electron chi connectivity index (χ0n) is 11.8. The molecule has 19 heavy (non-hydrogen) atoms. The molecular formula is C16H23FO2. The van der Waals surface area contributed by atoms with E-state index >= 15 is 0 Å². The Balaban J connectivity index is 1.97. The monoisotopic (exact) mass is 266 g/mol. The summed E-state index contributed by atoms with van der Waals surface area (Å²) >= 11 is 0. The number of halogens is 1. The van der Waals surface area contributed by atoms with Crippen LogP contribution in [0.1, 0.15) is 46.0 Å². The lowest BCUT2D eigenvalue weighted by Crippen LogP contribution is -2.65. The van der Waals surface area contributed by atoms with Gasteiger partial charge in [0.1, 0.15) is 11.3 Å². The zero-order valence-corrected chi connectivity index (χ0v) is 11.8. The Morgan fingerprint density at radius 2 is 1.89 bits per heavy atom. The Morgan fingerprint density at radius 3 is 2.32 bits per heavy atom. The molecule has 0 amide bonds. The zero-order chi connectivity index (χ0) is 13.8. The first-order chi connectivity index (χ1) is 8.89. The third-order valence-electron chi connectivity index (χ3n) is 5.74. The normalized spacial score (nSPS) is 47.5. The van der Waals surface area contributed by atoms with Gasteiger partial charge in [0.05, 0.1) is 0 Å². The highest BCUT2D eigenvalue weighted by molar-refractivity contribution is 5.81. The van der Waals surface area contributed by atoms with Crippen LogP contribution in [0.2, 0.25) is 0 Å². The van der Waals surface area contributed by atoms with Crippen molar-refractivity contribution in [2.45, 2.75) is 57.2 Å². The molecule has 0 heterocycles. The van der Waals surface area contributed by atoms with Gasteiger partial charge in [0.15, 0.2) is 0 Å². The summed E-state index contributed by atoms with van der Waals surface area (Å²) in [7, 11) is 0. The van der Waals surface area contributed by atoms with Gasteiger partial charge < -0.3 is 4.74 Å². The second-order valence-corrected chi connectivity index (χ2v) is 7.13. The number of rotatable bonds is 3. The second kappa shape index (κ2) is 4.07. The van der Waals surface area contributed by atoms with Crippen molar-refractivity contribution in [2.24, 2.45) is 23.7 Å². The van der Waals surface area contributed by atoms with Crippen LogP contribution in [0.5, 0.6) is 0 Å². The molecule has 0 N–H and O–H groups in total. The molecule has 106 valence electrons. The molecule has 4 rings (SSSR count). The first-order valence-electron chi connectivity index (χ1n) is 7.44. The molecule has 2 atom stereocenters. The largest absolute Gasteiger partial charge is 0.455 e. The maximum Gasteiger partial charge on any atom is 0.330 e. The summed E-state index contributed by atoms with van der Waals surface area (Å²) in [6.07, 6.45) is 5.14. The van der Waals surface area contributed by atoms with Crippen molar-refractivity contribution < 1.29 is 13.9 Å². The molecule has 2 unspecified atom stereocenters. The maximum absolute atomic E-state index is 14.7. The molecule has 0 aromatic rings. The van der Waals surface area contributed by atoms with Crippen molar-refractivity contribution in [3.8, 4) is 0 Å². The van der Waals surface area contributed by atoms with Gasteiger partial charge in [-0.2, -0.15) is 0 Å². The van der Waals surface area contributed by atoms with Crippen molar-refractivity contribution in [2.75, 3.05) is 0 Å². The molecule has 0 radical (unpaired) electrons. The SMILES string of the molecule is C=CC(=O)OC1(C(C)C)C2CC3CC1CC(F)(C3)C2. The second-order valence-electron chi connectivity index (χ2n) is 7.13. The molecule has 4 saturated carbocycles. The van der Waals surface area contributed by atoms with E-state index in [0.717, 1.165) is 19.3 Å². The Labute approximate surface area is 114 Å². The number of hydrogen-bond donors (Lipinski definition) is 0. The average molecular weight is 266 g/mol. The Hall–Kier alpha value is -0.860. The number of ether oxygens (including phenoxy) is 1. The minimum atomic E-state index is -0.991. The lowest BCUT2D eigenvalue weighted by Gasteiger charge is -2.63. The van der Waals surface area contributed by atoms with Crippen LogP contribution in [0, 0.1) is 23.7 Å². The van der Waals surface area contributed by atoms with Gasteiger partial charge in [0.25, 0.3) is 0 Å². The van der Waals surface area contributed by atoms with Gasteiger partial charge in [-0.15, -0.1) is 0 Å². The van der Waals surface area contributed by atoms with E-state index in [4.69, 9.17) is 4.74 Å². The fraction of sp³-hybridized carbons (Fsp3) is 0.812. The fourth-order valence-corrected chi connectivity index (χ4v) is 5.35. The minimum absolute atomic E-state index is 0.188. The van der Waals surface area contributed by atoms with Gasteiger partial charge in [-0.05, 0) is 43.9 Å². The molecule has 4 aliphatic carbocycles. The van der Waals surface area contributed by atoms with Crippen molar-refractivity contribution >= 4 is 5.97 Å². The van der Waals surface area contributed by atoms with Crippen LogP contribution in [-0.2, 0) is 9.53 Å². The van der Waals surface area contributed by atoms with Gasteiger partial charge >= 0.3 is 5.97 Å². The van der Waals surface area contributed by atoms with E-state index in [1.165, 1.54) is 6.08 Å². The molecule has 3 heteroatoms. The number of carbonyl (C=O) groups is 1. The molecule has 0 aromatic heterocycles. The molecule has 4 aliphatic rings. The number of alkyl halides is 1. The van der Waals surface area contributed by atoms with Crippen molar-refractivity contribution in [1.82, 2.24) is 0 Å². The molecule has 0 saturated heterocycles. The van der Waals surface area contributed by atoms with Crippen LogP contribution < -0.4 is 0 Å². The molecular weight excluding hydrogens is 243 g/mol. The highest BCUT2D eigenvalue weighted by Gasteiger charge is 2.65. The topological polar surface area (TPSA) is 26.3 Å². The summed E-state index contributed by atoms with van der Waals surface area (Å²) in [6.45, 7) is 7.70. The van der Waals surface area contributed by atoms with E-state index in [1.54, 1.807) is 0 Å².